The van der Waals surface area contributed by atoms with Crippen molar-refractivity contribution in [2.45, 2.75) is 18.6 Å². The molecule has 7 heteroatoms. The summed E-state index contributed by atoms with van der Waals surface area (Å²) in [6.07, 6.45) is -2.43. The number of nitrogens with zero attached hydrogens (tertiary/aromatic N) is 1. The molecule has 24 heavy (non-hydrogen) atoms. The number of fused-ring (bicyclic) bond motifs is 3. The largest absolute Gasteiger partial charge is 0.416 e. The van der Waals surface area contributed by atoms with Crippen LogP contribution in [0.3, 0.4) is 0 Å². The summed E-state index contributed by atoms with van der Waals surface area (Å²) >= 11 is 1.79. The van der Waals surface area contributed by atoms with Crippen molar-refractivity contribution in [3.63, 3.8) is 0 Å². The summed E-state index contributed by atoms with van der Waals surface area (Å²) in [5.41, 5.74) is 0.782. The van der Waals surface area contributed by atoms with E-state index < -0.39 is 11.7 Å². The number of anilines is 1. The van der Waals surface area contributed by atoms with Gasteiger partial charge in [0.2, 0.25) is 5.91 Å². The Kier molecular flexibility index (Phi) is 4.80. The van der Waals surface area contributed by atoms with Gasteiger partial charge in [-0.15, -0.1) is 6.58 Å². The summed E-state index contributed by atoms with van der Waals surface area (Å²) in [6, 6.07) is 3.91. The molecule has 1 saturated heterocycles. The van der Waals surface area contributed by atoms with Gasteiger partial charge in [-0.05, 0) is 30.2 Å². The van der Waals surface area contributed by atoms with Crippen LogP contribution in [0.4, 0.5) is 18.9 Å². The lowest BCUT2D eigenvalue weighted by atomic mass is 9.84. The molecule has 0 spiro atoms. The zero-order valence-corrected chi connectivity index (χ0v) is 13.9. The van der Waals surface area contributed by atoms with E-state index in [4.69, 9.17) is 0 Å². The maximum Gasteiger partial charge on any atom is 0.416 e. The minimum absolute atomic E-state index is 0.0257. The number of thioether (sulfide) groups is 1. The summed E-state index contributed by atoms with van der Waals surface area (Å²) in [7, 11) is 0. The summed E-state index contributed by atoms with van der Waals surface area (Å²) in [4.78, 5) is 14.6. The molecule has 130 valence electrons. The minimum atomic E-state index is -4.37. The third kappa shape index (κ3) is 3.27. The van der Waals surface area contributed by atoms with Crippen LogP contribution in [0.5, 0.6) is 0 Å². The Morgan fingerprint density at radius 3 is 2.96 bits per heavy atom. The van der Waals surface area contributed by atoms with Gasteiger partial charge in [0.05, 0.1) is 11.5 Å². The van der Waals surface area contributed by atoms with Gasteiger partial charge in [-0.3, -0.25) is 4.79 Å². The summed E-state index contributed by atoms with van der Waals surface area (Å²) in [5, 5.41) is 2.80. The van der Waals surface area contributed by atoms with Crippen molar-refractivity contribution in [2.24, 2.45) is 5.92 Å². The number of rotatable bonds is 3. The summed E-state index contributed by atoms with van der Waals surface area (Å²) in [5.74, 6) is 1.27. The molecule has 2 aliphatic rings. The minimum Gasteiger partial charge on any atom is -0.366 e. The highest BCUT2D eigenvalue weighted by Crippen LogP contribution is 2.40. The first kappa shape index (κ1) is 17.2. The molecule has 2 atom stereocenters. The molecule has 1 N–H and O–H groups in total. The second kappa shape index (κ2) is 6.70. The van der Waals surface area contributed by atoms with Gasteiger partial charge in [0.15, 0.2) is 0 Å². The van der Waals surface area contributed by atoms with Crippen LogP contribution in [0, 0.1) is 5.92 Å². The molecule has 0 aliphatic carbocycles. The fourth-order valence-electron chi connectivity index (χ4n) is 3.41. The maximum absolute atomic E-state index is 13.0. The normalized spacial score (nSPS) is 23.2. The van der Waals surface area contributed by atoms with Crippen molar-refractivity contribution in [1.29, 1.82) is 0 Å². The Bertz CT molecular complexity index is 647. The average Bonchev–Trinajstić information content (AvgIpc) is 2.57. The lowest BCUT2D eigenvalue weighted by molar-refractivity contribution is -0.137. The zero-order valence-electron chi connectivity index (χ0n) is 13.1. The highest BCUT2D eigenvalue weighted by atomic mass is 32.2. The molecule has 1 amide bonds. The Morgan fingerprint density at radius 1 is 1.46 bits per heavy atom. The van der Waals surface area contributed by atoms with Crippen molar-refractivity contribution < 1.29 is 18.0 Å². The smallest absolute Gasteiger partial charge is 0.366 e. The number of hydrogen-bond donors (Lipinski definition) is 1. The monoisotopic (exact) mass is 356 g/mol. The number of halogens is 3. The number of amides is 1. The first-order valence-electron chi connectivity index (χ1n) is 7.85. The van der Waals surface area contributed by atoms with Crippen LogP contribution in [0.1, 0.15) is 11.1 Å². The Balaban J connectivity index is 1.95. The molecular weight excluding hydrogens is 337 g/mol. The SMILES string of the molecule is C=CCNC(=O)[C@@H]1Cc2cc(C(F)(F)F)ccc2N2CCSC[C@H]12. The van der Waals surface area contributed by atoms with Gasteiger partial charge >= 0.3 is 6.18 Å². The third-order valence-corrected chi connectivity index (χ3v) is 5.59. The van der Waals surface area contributed by atoms with Gasteiger partial charge in [0.25, 0.3) is 0 Å². The second-order valence-electron chi connectivity index (χ2n) is 6.02. The number of carbonyl (C=O) groups is 1. The molecular formula is C17H19F3N2OS. The predicted molar refractivity (Wildman–Crippen MR) is 90.3 cm³/mol. The van der Waals surface area contributed by atoms with Gasteiger partial charge in [-0.25, -0.2) is 0 Å². The molecule has 0 aromatic heterocycles. The van der Waals surface area contributed by atoms with Crippen LogP contribution in [-0.2, 0) is 17.4 Å². The van der Waals surface area contributed by atoms with Crippen LogP contribution in [0.15, 0.2) is 30.9 Å². The Hall–Kier alpha value is -1.63. The third-order valence-electron chi connectivity index (χ3n) is 4.54. The fourth-order valence-corrected chi connectivity index (χ4v) is 4.55. The van der Waals surface area contributed by atoms with Gasteiger partial charge in [0, 0.05) is 36.3 Å². The van der Waals surface area contributed by atoms with E-state index in [2.05, 4.69) is 16.8 Å². The van der Waals surface area contributed by atoms with E-state index in [9.17, 15) is 18.0 Å². The van der Waals surface area contributed by atoms with Crippen molar-refractivity contribution in [3.8, 4) is 0 Å². The molecule has 2 heterocycles. The quantitative estimate of drug-likeness (QED) is 0.845. The molecule has 1 fully saturated rings. The van der Waals surface area contributed by atoms with E-state index in [0.29, 0.717) is 18.5 Å². The molecule has 0 radical (unpaired) electrons. The number of hydrogen-bond acceptors (Lipinski definition) is 3. The number of nitrogens with one attached hydrogen (secondary N) is 1. The van der Waals surface area contributed by atoms with Crippen LogP contribution >= 0.6 is 11.8 Å². The Labute approximate surface area is 143 Å². The van der Waals surface area contributed by atoms with E-state index in [-0.39, 0.29) is 17.9 Å². The fraction of sp³-hybridized carbons (Fsp3) is 0.471. The van der Waals surface area contributed by atoms with Crippen molar-refractivity contribution in [3.05, 3.63) is 42.0 Å². The molecule has 0 saturated carbocycles. The molecule has 1 aromatic carbocycles. The number of alkyl halides is 3. The first-order valence-corrected chi connectivity index (χ1v) is 9.00. The van der Waals surface area contributed by atoms with Gasteiger partial charge in [-0.1, -0.05) is 6.08 Å². The lowest BCUT2D eigenvalue weighted by Gasteiger charge is -2.45. The van der Waals surface area contributed by atoms with Crippen molar-refractivity contribution in [2.75, 3.05) is 29.5 Å². The van der Waals surface area contributed by atoms with Crippen LogP contribution in [0.2, 0.25) is 0 Å². The first-order chi connectivity index (χ1) is 11.4. The zero-order chi connectivity index (χ0) is 17.3. The topological polar surface area (TPSA) is 32.3 Å². The molecule has 1 aromatic rings. The molecule has 3 nitrogen and oxygen atoms in total. The van der Waals surface area contributed by atoms with Gasteiger partial charge in [0.1, 0.15) is 0 Å². The Morgan fingerprint density at radius 2 is 2.25 bits per heavy atom. The van der Waals surface area contributed by atoms with E-state index in [1.807, 2.05) is 0 Å². The average molecular weight is 356 g/mol. The molecule has 2 aliphatic heterocycles. The maximum atomic E-state index is 13.0. The second-order valence-corrected chi connectivity index (χ2v) is 7.17. The van der Waals surface area contributed by atoms with E-state index in [0.717, 1.165) is 29.8 Å². The van der Waals surface area contributed by atoms with Crippen LogP contribution < -0.4 is 10.2 Å². The standard InChI is InChI=1S/C17H19F3N2OS/c1-2-5-21-16(23)13-9-11-8-12(17(18,19)20)3-4-14(11)22-6-7-24-10-15(13)22/h2-4,8,13,15H,1,5-7,9-10H2,(H,21,23)/t13-,15-/m1/s1. The van der Waals surface area contributed by atoms with E-state index >= 15 is 0 Å². The number of benzene rings is 1. The van der Waals surface area contributed by atoms with Gasteiger partial charge in [-0.2, -0.15) is 24.9 Å². The molecule has 0 bridgehead atoms. The lowest BCUT2D eigenvalue weighted by Crippen LogP contribution is -2.55. The van der Waals surface area contributed by atoms with E-state index in [1.54, 1.807) is 23.9 Å². The van der Waals surface area contributed by atoms with Crippen LogP contribution in [-0.4, -0.2) is 36.5 Å². The van der Waals surface area contributed by atoms with Gasteiger partial charge < -0.3 is 10.2 Å². The predicted octanol–water partition coefficient (Wildman–Crippen LogP) is 3.10. The van der Waals surface area contributed by atoms with Crippen molar-refractivity contribution in [1.82, 2.24) is 5.32 Å². The highest BCUT2D eigenvalue weighted by Gasteiger charge is 2.41. The highest BCUT2D eigenvalue weighted by molar-refractivity contribution is 7.99. The van der Waals surface area contributed by atoms with E-state index in [1.165, 1.54) is 6.07 Å². The number of carbonyl (C=O) groups excluding carboxylic acids is 1. The van der Waals surface area contributed by atoms with Crippen LogP contribution in [0.25, 0.3) is 0 Å². The van der Waals surface area contributed by atoms with Crippen molar-refractivity contribution >= 4 is 23.4 Å². The summed E-state index contributed by atoms with van der Waals surface area (Å²) < 4.78 is 39.0. The molecule has 3 rings (SSSR count). The summed E-state index contributed by atoms with van der Waals surface area (Å²) in [6.45, 7) is 4.69. The molecule has 0 unspecified atom stereocenters.